The third kappa shape index (κ3) is 3.02. The summed E-state index contributed by atoms with van der Waals surface area (Å²) in [6.45, 7) is 2.88. The predicted octanol–water partition coefficient (Wildman–Crippen LogP) is 1.81. The number of nitrogens with zero attached hydrogens (tertiary/aromatic N) is 1. The first kappa shape index (κ1) is 13.6. The second-order valence-corrected chi connectivity index (χ2v) is 5.64. The zero-order valence-electron chi connectivity index (χ0n) is 11.8. The van der Waals surface area contributed by atoms with Crippen LogP contribution in [0.25, 0.3) is 0 Å². The average Bonchev–Trinajstić information content (AvgIpc) is 2.47. The highest BCUT2D eigenvalue weighted by Gasteiger charge is 2.30. The average molecular weight is 274 g/mol. The van der Waals surface area contributed by atoms with Gasteiger partial charge in [0.2, 0.25) is 0 Å². The second kappa shape index (κ2) is 6.37. The first-order chi connectivity index (χ1) is 9.84. The number of carbonyl (C=O) groups is 1. The highest BCUT2D eigenvalue weighted by atomic mass is 16.5. The van der Waals surface area contributed by atoms with Gasteiger partial charge in [-0.2, -0.15) is 0 Å². The molecule has 20 heavy (non-hydrogen) atoms. The number of para-hydroxylation sites is 1. The van der Waals surface area contributed by atoms with E-state index >= 15 is 0 Å². The topological polar surface area (TPSA) is 41.6 Å². The molecular formula is C16H22N2O2. The third-order valence-corrected chi connectivity index (χ3v) is 4.20. The molecule has 2 aliphatic rings. The molecule has 1 aliphatic heterocycles. The molecule has 4 heteroatoms. The lowest BCUT2D eigenvalue weighted by Crippen LogP contribution is -2.51. The summed E-state index contributed by atoms with van der Waals surface area (Å²) in [5.74, 6) is 0.742. The van der Waals surface area contributed by atoms with E-state index in [1.54, 1.807) is 0 Å². The normalized spacial score (nSPS) is 23.1. The molecule has 1 saturated carbocycles. The Kier molecular flexibility index (Phi) is 4.33. The zero-order chi connectivity index (χ0) is 13.8. The first-order valence-electron chi connectivity index (χ1n) is 7.53. The summed E-state index contributed by atoms with van der Waals surface area (Å²) in [6.07, 6.45) is 3.42. The number of ether oxygens (including phenoxy) is 1. The Morgan fingerprint density at radius 3 is 2.70 bits per heavy atom. The van der Waals surface area contributed by atoms with Gasteiger partial charge in [0.05, 0.1) is 6.61 Å². The van der Waals surface area contributed by atoms with Crippen molar-refractivity contribution in [2.45, 2.75) is 25.4 Å². The highest BCUT2D eigenvalue weighted by molar-refractivity contribution is 5.96. The van der Waals surface area contributed by atoms with E-state index in [-0.39, 0.29) is 12.0 Å². The van der Waals surface area contributed by atoms with Crippen molar-refractivity contribution < 1.29 is 9.53 Å². The molecular weight excluding hydrogens is 252 g/mol. The molecule has 108 valence electrons. The minimum Gasteiger partial charge on any atom is -0.366 e. The fourth-order valence-electron chi connectivity index (χ4n) is 2.76. The van der Waals surface area contributed by atoms with Gasteiger partial charge in [0.1, 0.15) is 6.10 Å². The van der Waals surface area contributed by atoms with Crippen LogP contribution in [-0.2, 0) is 9.53 Å². The maximum Gasteiger partial charge on any atom is 0.257 e. The first-order valence-corrected chi connectivity index (χ1v) is 7.53. The van der Waals surface area contributed by atoms with E-state index in [2.05, 4.69) is 5.32 Å². The van der Waals surface area contributed by atoms with Gasteiger partial charge in [0.25, 0.3) is 5.91 Å². The largest absolute Gasteiger partial charge is 0.366 e. The van der Waals surface area contributed by atoms with Gasteiger partial charge in [-0.3, -0.25) is 4.79 Å². The van der Waals surface area contributed by atoms with E-state index in [1.807, 2.05) is 35.2 Å². The molecule has 1 aromatic carbocycles. The Labute approximate surface area is 120 Å². The quantitative estimate of drug-likeness (QED) is 0.910. The minimum atomic E-state index is -0.343. The molecule has 1 N–H and O–H groups in total. The molecule has 1 aromatic rings. The van der Waals surface area contributed by atoms with E-state index in [0.29, 0.717) is 19.1 Å². The minimum absolute atomic E-state index is 0.0929. The van der Waals surface area contributed by atoms with E-state index < -0.39 is 0 Å². The summed E-state index contributed by atoms with van der Waals surface area (Å²) in [7, 11) is 0. The van der Waals surface area contributed by atoms with Crippen LogP contribution >= 0.6 is 0 Å². The van der Waals surface area contributed by atoms with Crippen molar-refractivity contribution in [1.82, 2.24) is 5.32 Å². The fourth-order valence-corrected chi connectivity index (χ4v) is 2.76. The number of hydrogen-bond donors (Lipinski definition) is 1. The van der Waals surface area contributed by atoms with Gasteiger partial charge < -0.3 is 15.0 Å². The smallest absolute Gasteiger partial charge is 0.257 e. The number of carbonyl (C=O) groups excluding carboxylic acids is 1. The molecule has 1 atom stereocenters. The molecule has 1 saturated heterocycles. The van der Waals surface area contributed by atoms with Crippen LogP contribution < -0.4 is 10.2 Å². The number of benzene rings is 1. The third-order valence-electron chi connectivity index (χ3n) is 4.20. The van der Waals surface area contributed by atoms with Gasteiger partial charge in [0, 0.05) is 25.3 Å². The number of nitrogens with one attached hydrogen (secondary N) is 1. The molecule has 0 radical (unpaired) electrons. The summed E-state index contributed by atoms with van der Waals surface area (Å²) in [5.41, 5.74) is 0.985. The molecule has 1 unspecified atom stereocenters. The summed E-state index contributed by atoms with van der Waals surface area (Å²) < 4.78 is 5.62. The Hall–Kier alpha value is -1.39. The highest BCUT2D eigenvalue weighted by Crippen LogP contribution is 2.29. The van der Waals surface area contributed by atoms with Crippen molar-refractivity contribution in [3.05, 3.63) is 30.3 Å². The van der Waals surface area contributed by atoms with Crippen LogP contribution in [0.1, 0.15) is 19.3 Å². The van der Waals surface area contributed by atoms with Crippen LogP contribution in [0.2, 0.25) is 0 Å². The Balaban J connectivity index is 1.74. The molecule has 1 amide bonds. The van der Waals surface area contributed by atoms with Crippen molar-refractivity contribution in [3.63, 3.8) is 0 Å². The van der Waals surface area contributed by atoms with Gasteiger partial charge in [-0.05, 0) is 30.9 Å². The van der Waals surface area contributed by atoms with E-state index in [4.69, 9.17) is 4.74 Å². The molecule has 0 aromatic heterocycles. The van der Waals surface area contributed by atoms with Crippen molar-refractivity contribution in [3.8, 4) is 0 Å². The maximum absolute atomic E-state index is 12.7. The van der Waals surface area contributed by atoms with E-state index in [0.717, 1.165) is 18.8 Å². The van der Waals surface area contributed by atoms with Crippen LogP contribution in [0.5, 0.6) is 0 Å². The zero-order valence-corrected chi connectivity index (χ0v) is 11.8. The molecule has 4 nitrogen and oxygen atoms in total. The van der Waals surface area contributed by atoms with Gasteiger partial charge in [-0.25, -0.2) is 0 Å². The van der Waals surface area contributed by atoms with Crippen molar-refractivity contribution in [2.75, 3.05) is 31.1 Å². The second-order valence-electron chi connectivity index (χ2n) is 5.64. The van der Waals surface area contributed by atoms with Crippen LogP contribution in [0.15, 0.2) is 30.3 Å². The number of anilines is 1. The molecule has 1 heterocycles. The Bertz CT molecular complexity index is 439. The Morgan fingerprint density at radius 2 is 2.10 bits per heavy atom. The molecule has 0 spiro atoms. The van der Waals surface area contributed by atoms with Gasteiger partial charge in [0.15, 0.2) is 0 Å². The number of rotatable bonds is 4. The molecule has 3 rings (SSSR count). The standard InChI is InChI=1S/C16H22N2O2/c19-16(15-11-17-9-10-20-15)18(12-13-5-4-6-13)14-7-2-1-3-8-14/h1-3,7-8,13,15,17H,4-6,9-12H2. The number of amides is 1. The summed E-state index contributed by atoms with van der Waals surface area (Å²) >= 11 is 0. The van der Waals surface area contributed by atoms with E-state index in [1.165, 1.54) is 19.3 Å². The van der Waals surface area contributed by atoms with Crippen molar-refractivity contribution >= 4 is 11.6 Å². The molecule has 1 aliphatic carbocycles. The predicted molar refractivity (Wildman–Crippen MR) is 78.7 cm³/mol. The van der Waals surface area contributed by atoms with Gasteiger partial charge in [-0.1, -0.05) is 24.6 Å². The summed E-state index contributed by atoms with van der Waals surface area (Å²) in [4.78, 5) is 14.7. The van der Waals surface area contributed by atoms with Crippen molar-refractivity contribution in [2.24, 2.45) is 5.92 Å². The molecule has 0 bridgehead atoms. The van der Waals surface area contributed by atoms with E-state index in [9.17, 15) is 4.79 Å². The van der Waals surface area contributed by atoms with Crippen LogP contribution in [0.3, 0.4) is 0 Å². The lowest BCUT2D eigenvalue weighted by Gasteiger charge is -2.35. The van der Waals surface area contributed by atoms with Crippen LogP contribution in [-0.4, -0.2) is 38.3 Å². The SMILES string of the molecule is O=C(C1CNCCO1)N(CC1CCC1)c1ccccc1. The molecule has 2 fully saturated rings. The number of hydrogen-bond acceptors (Lipinski definition) is 3. The van der Waals surface area contributed by atoms with Gasteiger partial charge >= 0.3 is 0 Å². The van der Waals surface area contributed by atoms with Crippen LogP contribution in [0.4, 0.5) is 5.69 Å². The van der Waals surface area contributed by atoms with Crippen LogP contribution in [0, 0.1) is 5.92 Å². The van der Waals surface area contributed by atoms with Gasteiger partial charge in [-0.15, -0.1) is 0 Å². The fraction of sp³-hybridized carbons (Fsp3) is 0.562. The van der Waals surface area contributed by atoms with Crippen molar-refractivity contribution in [1.29, 1.82) is 0 Å². The Morgan fingerprint density at radius 1 is 1.30 bits per heavy atom. The summed E-state index contributed by atoms with van der Waals surface area (Å²) in [5, 5.41) is 3.23. The lowest BCUT2D eigenvalue weighted by molar-refractivity contribution is -0.131. The maximum atomic E-state index is 12.7. The summed E-state index contributed by atoms with van der Waals surface area (Å²) in [6, 6.07) is 9.96. The number of morpholine rings is 1. The monoisotopic (exact) mass is 274 g/mol. The lowest BCUT2D eigenvalue weighted by atomic mass is 9.85.